The van der Waals surface area contributed by atoms with E-state index in [4.69, 9.17) is 4.74 Å². The first-order valence-electron chi connectivity index (χ1n) is 11.2. The van der Waals surface area contributed by atoms with Crippen LogP contribution in [0.1, 0.15) is 40.5 Å². The van der Waals surface area contributed by atoms with E-state index in [-0.39, 0.29) is 11.8 Å². The Morgan fingerprint density at radius 3 is 2.52 bits per heavy atom. The number of hydrazine groups is 1. The Hall–Kier alpha value is -3.87. The number of hydrogen-bond acceptors (Lipinski definition) is 4. The third-order valence-electron chi connectivity index (χ3n) is 5.83. The maximum absolute atomic E-state index is 13.2. The van der Waals surface area contributed by atoms with Crippen LogP contribution in [0.25, 0.3) is 10.8 Å². The van der Waals surface area contributed by atoms with Gasteiger partial charge in [-0.3, -0.25) is 25.2 Å². The van der Waals surface area contributed by atoms with E-state index in [0.29, 0.717) is 43.0 Å². The first-order valence-corrected chi connectivity index (χ1v) is 11.2. The molecule has 33 heavy (non-hydrogen) atoms. The van der Waals surface area contributed by atoms with Crippen LogP contribution in [0.3, 0.4) is 0 Å². The van der Waals surface area contributed by atoms with Gasteiger partial charge >= 0.3 is 0 Å². The highest BCUT2D eigenvalue weighted by Crippen LogP contribution is 2.23. The first kappa shape index (κ1) is 22.3. The van der Waals surface area contributed by atoms with E-state index in [2.05, 4.69) is 10.9 Å². The van der Waals surface area contributed by atoms with Gasteiger partial charge in [0.25, 0.3) is 11.8 Å². The van der Waals surface area contributed by atoms with E-state index in [9.17, 15) is 14.4 Å². The molecule has 2 N–H and O–H groups in total. The summed E-state index contributed by atoms with van der Waals surface area (Å²) < 4.78 is 5.37. The van der Waals surface area contributed by atoms with Gasteiger partial charge in [-0.15, -0.1) is 0 Å². The average Bonchev–Trinajstić information content (AvgIpc) is 2.87. The zero-order valence-corrected chi connectivity index (χ0v) is 18.5. The minimum absolute atomic E-state index is 0.0808. The van der Waals surface area contributed by atoms with E-state index in [1.54, 1.807) is 29.2 Å². The molecule has 4 rings (SSSR count). The van der Waals surface area contributed by atoms with Crippen molar-refractivity contribution in [3.05, 3.63) is 77.9 Å². The zero-order valence-electron chi connectivity index (χ0n) is 18.5. The number of fused-ring (bicyclic) bond motifs is 1. The number of likely N-dealkylation sites (tertiary alicyclic amines) is 1. The molecule has 1 unspecified atom stereocenters. The van der Waals surface area contributed by atoms with Crippen LogP contribution in [-0.2, 0) is 4.79 Å². The first-order chi connectivity index (χ1) is 16.1. The Balaban J connectivity index is 1.36. The number of carbonyl (C=O) groups excluding carboxylic acids is 3. The van der Waals surface area contributed by atoms with E-state index < -0.39 is 11.8 Å². The smallest absolute Gasteiger partial charge is 0.269 e. The van der Waals surface area contributed by atoms with Crippen molar-refractivity contribution in [3.63, 3.8) is 0 Å². The summed E-state index contributed by atoms with van der Waals surface area (Å²) in [7, 11) is 0. The predicted octanol–water partition coefficient (Wildman–Crippen LogP) is 3.55. The zero-order chi connectivity index (χ0) is 23.2. The molecule has 3 aromatic carbocycles. The van der Waals surface area contributed by atoms with Crippen molar-refractivity contribution in [2.45, 2.75) is 19.8 Å². The second-order valence-corrected chi connectivity index (χ2v) is 8.02. The van der Waals surface area contributed by atoms with Crippen molar-refractivity contribution < 1.29 is 19.1 Å². The Labute approximate surface area is 192 Å². The average molecular weight is 446 g/mol. The van der Waals surface area contributed by atoms with Crippen LogP contribution in [0, 0.1) is 5.92 Å². The fraction of sp³-hybridized carbons (Fsp3) is 0.269. The lowest BCUT2D eigenvalue weighted by Gasteiger charge is -2.32. The van der Waals surface area contributed by atoms with Gasteiger partial charge in [0, 0.05) is 24.2 Å². The molecule has 3 amide bonds. The van der Waals surface area contributed by atoms with Gasteiger partial charge in [-0.25, -0.2) is 0 Å². The molecule has 7 nitrogen and oxygen atoms in total. The number of nitrogens with zero attached hydrogens (tertiary/aromatic N) is 1. The molecule has 7 heteroatoms. The van der Waals surface area contributed by atoms with Crippen molar-refractivity contribution in [2.24, 2.45) is 5.92 Å². The van der Waals surface area contributed by atoms with Crippen LogP contribution >= 0.6 is 0 Å². The normalized spacial score (nSPS) is 15.7. The Bertz CT molecular complexity index is 1150. The van der Waals surface area contributed by atoms with Crippen molar-refractivity contribution in [3.8, 4) is 5.75 Å². The molecular formula is C26H27N3O4. The summed E-state index contributed by atoms with van der Waals surface area (Å²) in [5, 5.41) is 1.91. The summed E-state index contributed by atoms with van der Waals surface area (Å²) >= 11 is 0. The highest BCUT2D eigenvalue weighted by molar-refractivity contribution is 6.07. The third-order valence-corrected chi connectivity index (χ3v) is 5.83. The van der Waals surface area contributed by atoms with Crippen LogP contribution in [0.5, 0.6) is 5.75 Å². The summed E-state index contributed by atoms with van der Waals surface area (Å²) in [4.78, 5) is 40.0. The summed E-state index contributed by atoms with van der Waals surface area (Å²) in [5.74, 6) is -0.507. The van der Waals surface area contributed by atoms with E-state index in [1.807, 2.05) is 49.4 Å². The monoisotopic (exact) mass is 445 g/mol. The number of ether oxygens (including phenoxy) is 1. The Kier molecular flexibility index (Phi) is 6.88. The second-order valence-electron chi connectivity index (χ2n) is 8.02. The molecule has 0 bridgehead atoms. The Morgan fingerprint density at radius 1 is 0.970 bits per heavy atom. The molecule has 3 aromatic rings. The molecule has 1 aliphatic heterocycles. The molecule has 0 aromatic heterocycles. The molecule has 0 radical (unpaired) electrons. The quantitative estimate of drug-likeness (QED) is 0.588. The number of rotatable bonds is 5. The molecule has 1 heterocycles. The molecule has 0 spiro atoms. The largest absolute Gasteiger partial charge is 0.494 e. The van der Waals surface area contributed by atoms with Gasteiger partial charge in [0.1, 0.15) is 5.75 Å². The summed E-state index contributed by atoms with van der Waals surface area (Å²) in [6.07, 6.45) is 1.38. The number of carbonyl (C=O) groups is 3. The molecule has 170 valence electrons. The van der Waals surface area contributed by atoms with Crippen LogP contribution in [-0.4, -0.2) is 42.3 Å². The molecule has 0 aliphatic carbocycles. The lowest BCUT2D eigenvalue weighted by atomic mass is 9.96. The molecular weight excluding hydrogens is 418 g/mol. The highest BCUT2D eigenvalue weighted by Gasteiger charge is 2.29. The van der Waals surface area contributed by atoms with Gasteiger partial charge < -0.3 is 9.64 Å². The van der Waals surface area contributed by atoms with Crippen molar-refractivity contribution in [1.29, 1.82) is 0 Å². The second kappa shape index (κ2) is 10.2. The minimum Gasteiger partial charge on any atom is -0.494 e. The van der Waals surface area contributed by atoms with Crippen molar-refractivity contribution in [2.75, 3.05) is 19.7 Å². The summed E-state index contributed by atoms with van der Waals surface area (Å²) in [5.41, 5.74) is 6.03. The fourth-order valence-electron chi connectivity index (χ4n) is 4.12. The number of benzene rings is 3. The SMILES string of the molecule is CCOc1ccc(C(=O)NNC(=O)C2CCCN(C(=O)c3cccc4ccccc34)C2)cc1. The molecule has 1 atom stereocenters. The van der Waals surface area contributed by atoms with Gasteiger partial charge in [-0.1, -0.05) is 36.4 Å². The van der Waals surface area contributed by atoms with E-state index >= 15 is 0 Å². The maximum atomic E-state index is 13.2. The van der Waals surface area contributed by atoms with Crippen LogP contribution < -0.4 is 15.6 Å². The fourth-order valence-corrected chi connectivity index (χ4v) is 4.12. The maximum Gasteiger partial charge on any atom is 0.269 e. The summed E-state index contributed by atoms with van der Waals surface area (Å²) in [6, 6.07) is 20.1. The van der Waals surface area contributed by atoms with Gasteiger partial charge in [0.15, 0.2) is 0 Å². The number of amides is 3. The lowest BCUT2D eigenvalue weighted by molar-refractivity contribution is -0.127. The lowest BCUT2D eigenvalue weighted by Crippen LogP contribution is -2.50. The van der Waals surface area contributed by atoms with E-state index in [1.165, 1.54) is 0 Å². The number of hydrogen-bond donors (Lipinski definition) is 2. The van der Waals surface area contributed by atoms with Crippen molar-refractivity contribution >= 4 is 28.5 Å². The Morgan fingerprint density at radius 2 is 1.73 bits per heavy atom. The van der Waals surface area contributed by atoms with Crippen molar-refractivity contribution in [1.82, 2.24) is 15.8 Å². The third kappa shape index (κ3) is 5.14. The minimum atomic E-state index is -0.411. The molecule has 1 saturated heterocycles. The highest BCUT2D eigenvalue weighted by atomic mass is 16.5. The topological polar surface area (TPSA) is 87.7 Å². The number of nitrogens with one attached hydrogen (secondary N) is 2. The molecule has 1 aliphatic rings. The van der Waals surface area contributed by atoms with Gasteiger partial charge in [-0.2, -0.15) is 0 Å². The van der Waals surface area contributed by atoms with Gasteiger partial charge in [0.2, 0.25) is 5.91 Å². The summed E-state index contributed by atoms with van der Waals surface area (Å²) in [6.45, 7) is 3.35. The standard InChI is InChI=1S/C26H27N3O4/c1-2-33-21-14-12-19(13-15-21)24(30)27-28-25(31)20-9-6-16-29(17-20)26(32)23-11-5-8-18-7-3-4-10-22(18)23/h3-5,7-8,10-15,20H,2,6,9,16-17H2,1H3,(H,27,30)(H,28,31). The molecule has 1 fully saturated rings. The predicted molar refractivity (Wildman–Crippen MR) is 126 cm³/mol. The van der Waals surface area contributed by atoms with Gasteiger partial charge in [-0.05, 0) is 60.9 Å². The molecule has 0 saturated carbocycles. The van der Waals surface area contributed by atoms with Crippen LogP contribution in [0.15, 0.2) is 66.7 Å². The van der Waals surface area contributed by atoms with Gasteiger partial charge in [0.05, 0.1) is 12.5 Å². The van der Waals surface area contributed by atoms with E-state index in [0.717, 1.165) is 17.2 Å². The number of piperidine rings is 1. The van der Waals surface area contributed by atoms with Crippen LogP contribution in [0.2, 0.25) is 0 Å². The van der Waals surface area contributed by atoms with Crippen LogP contribution in [0.4, 0.5) is 0 Å².